The van der Waals surface area contributed by atoms with Crippen molar-refractivity contribution in [3.8, 4) is 0 Å². The molecule has 0 spiro atoms. The van der Waals surface area contributed by atoms with Gasteiger partial charge in [-0.05, 0) is 12.1 Å². The van der Waals surface area contributed by atoms with Crippen LogP contribution in [0.25, 0.3) is 0 Å². The molecular weight excluding hydrogens is 190 g/mol. The van der Waals surface area contributed by atoms with Gasteiger partial charge in [0.1, 0.15) is 0 Å². The van der Waals surface area contributed by atoms with E-state index < -0.39 is 0 Å². The molecule has 0 amide bonds. The third-order valence-electron chi connectivity index (χ3n) is 2.02. The Morgan fingerprint density at radius 2 is 2.27 bits per heavy atom. The Kier molecular flexibility index (Phi) is 3.40. The van der Waals surface area contributed by atoms with Crippen LogP contribution in [0.3, 0.4) is 0 Å². The highest BCUT2D eigenvalue weighted by Crippen LogP contribution is 1.91. The fourth-order valence-corrected chi connectivity index (χ4v) is 1.26. The van der Waals surface area contributed by atoms with Crippen LogP contribution < -0.4 is 5.32 Å². The fraction of sp³-hybridized carbons (Fsp3) is 0.300. The number of nitrogens with one attached hydrogen (secondary N) is 1. The third kappa shape index (κ3) is 3.14. The Balaban J connectivity index is 1.68. The first-order chi connectivity index (χ1) is 7.45. The summed E-state index contributed by atoms with van der Waals surface area (Å²) < 4.78 is 1.80. The van der Waals surface area contributed by atoms with E-state index in [-0.39, 0.29) is 0 Å². The molecule has 78 valence electrons. The Bertz CT molecular complexity index is 370. The zero-order valence-corrected chi connectivity index (χ0v) is 8.37. The summed E-state index contributed by atoms with van der Waals surface area (Å²) in [5.41, 5.74) is 1.05. The van der Waals surface area contributed by atoms with Crippen molar-refractivity contribution in [3.63, 3.8) is 0 Å². The first-order valence-corrected chi connectivity index (χ1v) is 4.90. The molecule has 2 heterocycles. The number of rotatable bonds is 5. The van der Waals surface area contributed by atoms with Crippen LogP contribution in [0.4, 0.5) is 0 Å². The quantitative estimate of drug-likeness (QED) is 0.717. The highest BCUT2D eigenvalue weighted by Gasteiger charge is 1.93. The van der Waals surface area contributed by atoms with E-state index in [1.807, 2.05) is 24.4 Å². The van der Waals surface area contributed by atoms with Crippen LogP contribution in [0.2, 0.25) is 0 Å². The Morgan fingerprint density at radius 3 is 3.00 bits per heavy atom. The number of hydrogen-bond donors (Lipinski definition) is 1. The van der Waals surface area contributed by atoms with Crippen molar-refractivity contribution < 1.29 is 0 Å². The predicted octanol–water partition coefficient (Wildman–Crippen LogP) is 0.463. The van der Waals surface area contributed by atoms with Crippen LogP contribution in [0.5, 0.6) is 0 Å². The van der Waals surface area contributed by atoms with Gasteiger partial charge in [-0.3, -0.25) is 9.67 Å². The number of pyridine rings is 1. The van der Waals surface area contributed by atoms with Gasteiger partial charge in [-0.2, -0.15) is 0 Å². The van der Waals surface area contributed by atoms with Gasteiger partial charge in [0, 0.05) is 25.5 Å². The molecule has 1 N–H and O–H groups in total. The fourth-order valence-electron chi connectivity index (χ4n) is 1.26. The lowest BCUT2D eigenvalue weighted by atomic mass is 10.3. The molecule has 0 aromatic carbocycles. The summed E-state index contributed by atoms with van der Waals surface area (Å²) in [5.74, 6) is 0. The standard InChI is InChI=1S/C10H13N5/c1-2-4-12-10(3-1)9-11-5-7-15-8-6-13-14-15/h1-4,6,8,11H,5,7,9H2. The number of hydrogen-bond acceptors (Lipinski definition) is 4. The van der Waals surface area contributed by atoms with E-state index in [1.165, 1.54) is 0 Å². The monoisotopic (exact) mass is 203 g/mol. The Morgan fingerprint density at radius 1 is 1.27 bits per heavy atom. The first kappa shape index (κ1) is 9.79. The van der Waals surface area contributed by atoms with Crippen molar-refractivity contribution in [2.75, 3.05) is 6.54 Å². The molecule has 2 aromatic rings. The maximum absolute atomic E-state index is 4.22. The minimum absolute atomic E-state index is 0.787. The topological polar surface area (TPSA) is 55.6 Å². The van der Waals surface area contributed by atoms with Gasteiger partial charge in [0.25, 0.3) is 0 Å². The molecule has 5 nitrogen and oxygen atoms in total. The van der Waals surface area contributed by atoms with Crippen LogP contribution in [0, 0.1) is 0 Å². The second-order valence-corrected chi connectivity index (χ2v) is 3.16. The van der Waals surface area contributed by atoms with Crippen LogP contribution in [-0.4, -0.2) is 26.5 Å². The molecule has 0 atom stereocenters. The van der Waals surface area contributed by atoms with E-state index in [9.17, 15) is 0 Å². The van der Waals surface area contributed by atoms with Crippen LogP contribution in [0.1, 0.15) is 5.69 Å². The summed E-state index contributed by atoms with van der Waals surface area (Å²) >= 11 is 0. The summed E-state index contributed by atoms with van der Waals surface area (Å²) in [7, 11) is 0. The van der Waals surface area contributed by atoms with Gasteiger partial charge in [-0.25, -0.2) is 0 Å². The summed E-state index contributed by atoms with van der Waals surface area (Å²) in [6.45, 7) is 2.47. The van der Waals surface area contributed by atoms with Gasteiger partial charge in [-0.1, -0.05) is 11.3 Å². The predicted molar refractivity (Wildman–Crippen MR) is 56.0 cm³/mol. The molecule has 2 aromatic heterocycles. The van der Waals surface area contributed by atoms with Crippen LogP contribution >= 0.6 is 0 Å². The molecule has 0 aliphatic carbocycles. The van der Waals surface area contributed by atoms with Crippen molar-refractivity contribution in [1.82, 2.24) is 25.3 Å². The summed E-state index contributed by atoms with van der Waals surface area (Å²) in [4.78, 5) is 4.22. The highest BCUT2D eigenvalue weighted by molar-refractivity contribution is 5.02. The minimum Gasteiger partial charge on any atom is -0.309 e. The molecule has 0 saturated heterocycles. The molecule has 0 aliphatic heterocycles. The molecule has 2 rings (SSSR count). The van der Waals surface area contributed by atoms with Crippen LogP contribution in [0.15, 0.2) is 36.8 Å². The second kappa shape index (κ2) is 5.21. The minimum atomic E-state index is 0.787. The van der Waals surface area contributed by atoms with E-state index >= 15 is 0 Å². The molecule has 5 heteroatoms. The maximum Gasteiger partial charge on any atom is 0.0692 e. The van der Waals surface area contributed by atoms with E-state index in [0.717, 1.165) is 25.3 Å². The Labute approximate surface area is 88.1 Å². The largest absolute Gasteiger partial charge is 0.309 e. The second-order valence-electron chi connectivity index (χ2n) is 3.16. The maximum atomic E-state index is 4.22. The van der Waals surface area contributed by atoms with Gasteiger partial charge in [0.05, 0.1) is 18.4 Å². The molecule has 0 aliphatic rings. The normalized spacial score (nSPS) is 10.4. The van der Waals surface area contributed by atoms with Crippen molar-refractivity contribution >= 4 is 0 Å². The summed E-state index contributed by atoms with van der Waals surface area (Å²) in [5, 5.41) is 10.9. The van der Waals surface area contributed by atoms with Gasteiger partial charge >= 0.3 is 0 Å². The average Bonchev–Trinajstić information content (AvgIpc) is 2.79. The summed E-state index contributed by atoms with van der Waals surface area (Å²) in [6.07, 6.45) is 5.33. The van der Waals surface area contributed by atoms with Crippen molar-refractivity contribution in [3.05, 3.63) is 42.5 Å². The average molecular weight is 203 g/mol. The number of nitrogens with zero attached hydrogens (tertiary/aromatic N) is 4. The van der Waals surface area contributed by atoms with Gasteiger partial charge < -0.3 is 5.32 Å². The van der Waals surface area contributed by atoms with Gasteiger partial charge in [0.2, 0.25) is 0 Å². The molecule has 0 fully saturated rings. The van der Waals surface area contributed by atoms with Gasteiger partial charge in [-0.15, -0.1) is 5.10 Å². The SMILES string of the molecule is c1ccc(CNCCn2ccnn2)nc1. The van der Waals surface area contributed by atoms with Crippen molar-refractivity contribution in [1.29, 1.82) is 0 Å². The molecule has 0 radical (unpaired) electrons. The van der Waals surface area contributed by atoms with E-state index in [2.05, 4.69) is 20.6 Å². The first-order valence-electron chi connectivity index (χ1n) is 4.90. The van der Waals surface area contributed by atoms with E-state index in [4.69, 9.17) is 0 Å². The molecular formula is C10H13N5. The Hall–Kier alpha value is -1.75. The third-order valence-corrected chi connectivity index (χ3v) is 2.02. The van der Waals surface area contributed by atoms with Gasteiger partial charge in [0.15, 0.2) is 0 Å². The van der Waals surface area contributed by atoms with E-state index in [0.29, 0.717) is 0 Å². The molecule has 0 saturated carbocycles. The summed E-state index contributed by atoms with van der Waals surface area (Å²) in [6, 6.07) is 5.91. The molecule has 0 bridgehead atoms. The van der Waals surface area contributed by atoms with Crippen molar-refractivity contribution in [2.24, 2.45) is 0 Å². The number of aromatic nitrogens is 4. The lowest BCUT2D eigenvalue weighted by Gasteiger charge is -2.03. The molecule has 15 heavy (non-hydrogen) atoms. The lowest BCUT2D eigenvalue weighted by Crippen LogP contribution is -2.20. The van der Waals surface area contributed by atoms with Crippen LogP contribution in [-0.2, 0) is 13.1 Å². The smallest absolute Gasteiger partial charge is 0.0692 e. The zero-order chi connectivity index (χ0) is 10.3. The molecule has 0 unspecified atom stereocenters. The van der Waals surface area contributed by atoms with Crippen molar-refractivity contribution in [2.45, 2.75) is 13.1 Å². The lowest BCUT2D eigenvalue weighted by molar-refractivity contribution is 0.537. The van der Waals surface area contributed by atoms with E-state index in [1.54, 1.807) is 17.1 Å². The highest BCUT2D eigenvalue weighted by atomic mass is 15.4. The zero-order valence-electron chi connectivity index (χ0n) is 8.37.